The number of thiophene rings is 1. The summed E-state index contributed by atoms with van der Waals surface area (Å²) in [5, 5.41) is 4.61. The lowest BCUT2D eigenvalue weighted by molar-refractivity contribution is -0.129. The number of nitrogens with zero attached hydrogens (tertiary/aromatic N) is 3. The summed E-state index contributed by atoms with van der Waals surface area (Å²) in [6, 6.07) is 9.71. The molecule has 3 heterocycles. The number of aromatic nitrogens is 3. The smallest absolute Gasteiger partial charge is 0.268 e. The van der Waals surface area contributed by atoms with E-state index in [0.29, 0.717) is 16.0 Å². The van der Waals surface area contributed by atoms with Crippen LogP contribution in [0.25, 0.3) is 20.8 Å². The van der Waals surface area contributed by atoms with Crippen LogP contribution in [0, 0.1) is 0 Å². The maximum Gasteiger partial charge on any atom is 0.268 e. The van der Waals surface area contributed by atoms with Gasteiger partial charge in [-0.25, -0.2) is 9.97 Å². The first-order valence-electron chi connectivity index (χ1n) is 8.40. The number of halogens is 1. The van der Waals surface area contributed by atoms with E-state index in [-0.39, 0.29) is 24.4 Å². The van der Waals surface area contributed by atoms with Crippen molar-refractivity contribution in [3.05, 3.63) is 67.4 Å². The van der Waals surface area contributed by atoms with Crippen LogP contribution in [-0.2, 0) is 17.8 Å². The van der Waals surface area contributed by atoms with Crippen molar-refractivity contribution >= 4 is 54.7 Å². The van der Waals surface area contributed by atoms with Crippen LogP contribution >= 0.6 is 38.6 Å². The number of hydrogen-bond donors (Lipinski definition) is 1. The van der Waals surface area contributed by atoms with E-state index in [2.05, 4.69) is 30.9 Å². The molecule has 0 radical (unpaired) electrons. The molecular weight excluding hydrogens is 460 g/mol. The molecule has 0 fully saturated rings. The van der Waals surface area contributed by atoms with Crippen molar-refractivity contribution < 1.29 is 4.79 Å². The molecule has 0 spiro atoms. The lowest BCUT2D eigenvalue weighted by Gasteiger charge is -2.15. The first kappa shape index (κ1) is 19.0. The monoisotopic (exact) mass is 474 g/mol. The molecule has 0 atom stereocenters. The SMILES string of the molecule is CN(Cc1nc2ccsc2c(=O)[nH]1)C(=O)Cc1csc(-c2cccc(Br)c2)n1. The Balaban J connectivity index is 1.45. The van der Waals surface area contributed by atoms with Crippen LogP contribution in [0.2, 0.25) is 0 Å². The van der Waals surface area contributed by atoms with Gasteiger partial charge in [-0.1, -0.05) is 28.1 Å². The molecule has 0 saturated heterocycles. The number of nitrogens with one attached hydrogen (secondary N) is 1. The first-order chi connectivity index (χ1) is 13.5. The lowest BCUT2D eigenvalue weighted by atomic mass is 10.2. The Morgan fingerprint density at radius 1 is 1.25 bits per heavy atom. The van der Waals surface area contributed by atoms with Gasteiger partial charge in [0.05, 0.1) is 24.2 Å². The predicted octanol–water partition coefficient (Wildman–Crippen LogP) is 4.07. The van der Waals surface area contributed by atoms with Crippen LogP contribution in [0.1, 0.15) is 11.5 Å². The third-order valence-electron chi connectivity index (χ3n) is 4.13. The van der Waals surface area contributed by atoms with Crippen LogP contribution in [0.5, 0.6) is 0 Å². The number of thiazole rings is 1. The van der Waals surface area contributed by atoms with Crippen molar-refractivity contribution in [1.82, 2.24) is 19.9 Å². The second-order valence-electron chi connectivity index (χ2n) is 6.23. The molecule has 9 heteroatoms. The van der Waals surface area contributed by atoms with Crippen molar-refractivity contribution in [3.8, 4) is 10.6 Å². The Kier molecular flexibility index (Phi) is 5.38. The van der Waals surface area contributed by atoms with Crippen LogP contribution in [-0.4, -0.2) is 32.8 Å². The van der Waals surface area contributed by atoms with Crippen molar-refractivity contribution in [2.24, 2.45) is 0 Å². The summed E-state index contributed by atoms with van der Waals surface area (Å²) in [4.78, 5) is 37.9. The summed E-state index contributed by atoms with van der Waals surface area (Å²) in [5.74, 6) is 0.388. The summed E-state index contributed by atoms with van der Waals surface area (Å²) < 4.78 is 1.59. The van der Waals surface area contributed by atoms with Gasteiger partial charge < -0.3 is 9.88 Å². The van der Waals surface area contributed by atoms with Gasteiger partial charge in [0, 0.05) is 22.5 Å². The van der Waals surface area contributed by atoms with Crippen molar-refractivity contribution in [3.63, 3.8) is 0 Å². The second kappa shape index (κ2) is 7.94. The van der Waals surface area contributed by atoms with Gasteiger partial charge >= 0.3 is 0 Å². The van der Waals surface area contributed by atoms with E-state index in [4.69, 9.17) is 0 Å². The maximum atomic E-state index is 12.6. The van der Waals surface area contributed by atoms with Crippen molar-refractivity contribution in [2.75, 3.05) is 7.05 Å². The fourth-order valence-electron chi connectivity index (χ4n) is 2.74. The normalized spacial score (nSPS) is 11.1. The summed E-state index contributed by atoms with van der Waals surface area (Å²) >= 11 is 6.33. The molecule has 1 amide bonds. The molecule has 0 saturated carbocycles. The van der Waals surface area contributed by atoms with Crippen LogP contribution < -0.4 is 5.56 Å². The summed E-state index contributed by atoms with van der Waals surface area (Å²) in [6.45, 7) is 0.239. The molecule has 0 aliphatic rings. The molecule has 4 rings (SSSR count). The fourth-order valence-corrected chi connectivity index (χ4v) is 4.68. The molecular formula is C19H15BrN4O2S2. The van der Waals surface area contributed by atoms with E-state index in [1.807, 2.05) is 35.0 Å². The average molecular weight is 475 g/mol. The average Bonchev–Trinajstić information content (AvgIpc) is 3.31. The van der Waals surface area contributed by atoms with Crippen LogP contribution in [0.15, 0.2) is 50.4 Å². The number of fused-ring (bicyclic) bond motifs is 1. The number of aromatic amines is 1. The zero-order valence-electron chi connectivity index (χ0n) is 14.8. The predicted molar refractivity (Wildman–Crippen MR) is 116 cm³/mol. The highest BCUT2D eigenvalue weighted by Crippen LogP contribution is 2.26. The van der Waals surface area contributed by atoms with E-state index < -0.39 is 0 Å². The minimum absolute atomic E-state index is 0.0841. The number of benzene rings is 1. The molecule has 0 aliphatic heterocycles. The van der Waals surface area contributed by atoms with Gasteiger partial charge in [-0.2, -0.15) is 0 Å². The van der Waals surface area contributed by atoms with Crippen LogP contribution in [0.4, 0.5) is 0 Å². The second-order valence-corrected chi connectivity index (χ2v) is 8.92. The molecule has 0 unspecified atom stereocenters. The van der Waals surface area contributed by atoms with Crippen LogP contribution in [0.3, 0.4) is 0 Å². The van der Waals surface area contributed by atoms with Gasteiger partial charge in [-0.05, 0) is 23.6 Å². The Morgan fingerprint density at radius 2 is 2.11 bits per heavy atom. The number of hydrogen-bond acceptors (Lipinski definition) is 6. The molecule has 6 nitrogen and oxygen atoms in total. The third-order valence-corrected chi connectivity index (χ3v) is 6.47. The Hall–Kier alpha value is -2.36. The highest BCUT2D eigenvalue weighted by atomic mass is 79.9. The van der Waals surface area contributed by atoms with E-state index in [9.17, 15) is 9.59 Å². The van der Waals surface area contributed by atoms with Gasteiger partial charge in [-0.3, -0.25) is 9.59 Å². The fraction of sp³-hybridized carbons (Fsp3) is 0.158. The topological polar surface area (TPSA) is 79.0 Å². The third kappa shape index (κ3) is 4.06. The Labute approximate surface area is 177 Å². The number of rotatable bonds is 5. The Morgan fingerprint density at radius 3 is 2.93 bits per heavy atom. The summed E-state index contributed by atoms with van der Waals surface area (Å²) in [7, 11) is 1.70. The zero-order valence-corrected chi connectivity index (χ0v) is 18.0. The number of carbonyl (C=O) groups is 1. The van der Waals surface area contributed by atoms with Gasteiger partial charge in [0.15, 0.2) is 0 Å². The quantitative estimate of drug-likeness (QED) is 0.472. The van der Waals surface area contributed by atoms with Crippen molar-refractivity contribution in [2.45, 2.75) is 13.0 Å². The van der Waals surface area contributed by atoms with Gasteiger partial charge in [-0.15, -0.1) is 22.7 Å². The number of carbonyl (C=O) groups excluding carboxylic acids is 1. The molecule has 28 heavy (non-hydrogen) atoms. The molecule has 142 valence electrons. The minimum atomic E-state index is -0.172. The van der Waals surface area contributed by atoms with Gasteiger partial charge in [0.25, 0.3) is 5.56 Å². The summed E-state index contributed by atoms with van der Waals surface area (Å²) in [6.07, 6.45) is 0.200. The molecule has 1 aromatic carbocycles. The molecule has 1 N–H and O–H groups in total. The number of likely N-dealkylation sites (N-methyl/N-ethyl adjacent to an activating group) is 1. The summed E-state index contributed by atoms with van der Waals surface area (Å²) in [5.41, 5.74) is 2.22. The van der Waals surface area contributed by atoms with E-state index in [1.54, 1.807) is 18.0 Å². The zero-order chi connectivity index (χ0) is 19.7. The maximum absolute atomic E-state index is 12.6. The number of H-pyrrole nitrogens is 1. The van der Waals surface area contributed by atoms with E-state index in [0.717, 1.165) is 20.7 Å². The molecule has 0 bridgehead atoms. The van der Waals surface area contributed by atoms with Gasteiger partial charge in [0.1, 0.15) is 15.5 Å². The first-order valence-corrected chi connectivity index (χ1v) is 11.0. The lowest BCUT2D eigenvalue weighted by Crippen LogP contribution is -2.29. The highest BCUT2D eigenvalue weighted by Gasteiger charge is 2.15. The molecule has 4 aromatic rings. The largest absolute Gasteiger partial charge is 0.338 e. The minimum Gasteiger partial charge on any atom is -0.338 e. The van der Waals surface area contributed by atoms with Gasteiger partial charge in [0.2, 0.25) is 5.91 Å². The molecule has 0 aliphatic carbocycles. The van der Waals surface area contributed by atoms with Crippen molar-refractivity contribution in [1.29, 1.82) is 0 Å². The van der Waals surface area contributed by atoms with E-state index >= 15 is 0 Å². The molecule has 3 aromatic heterocycles. The number of amides is 1. The standard InChI is InChI=1S/C19H15BrN4O2S2/c1-24(9-15-22-14-5-6-27-17(14)18(26)23-15)16(25)8-13-10-28-19(21-13)11-3-2-4-12(20)7-11/h2-7,10H,8-9H2,1H3,(H,22,23,26). The highest BCUT2D eigenvalue weighted by molar-refractivity contribution is 9.10. The van der Waals surface area contributed by atoms with E-state index in [1.165, 1.54) is 22.7 Å². The Bertz CT molecular complexity index is 1210.